The lowest BCUT2D eigenvalue weighted by atomic mass is 9.99. The molecule has 1 N–H and O–H groups in total. The fourth-order valence-electron chi connectivity index (χ4n) is 2.55. The molecule has 2 aromatic rings. The van der Waals surface area contributed by atoms with Crippen molar-refractivity contribution < 1.29 is 9.90 Å². The van der Waals surface area contributed by atoms with Crippen molar-refractivity contribution in [1.82, 2.24) is 4.90 Å². The van der Waals surface area contributed by atoms with E-state index >= 15 is 0 Å². The number of hydrogen-bond acceptors (Lipinski definition) is 2. The number of carbonyl (C=O) groups is 1. The highest BCUT2D eigenvalue weighted by Crippen LogP contribution is 2.22. The van der Waals surface area contributed by atoms with Gasteiger partial charge in [0.25, 0.3) is 0 Å². The molecule has 0 unspecified atom stereocenters. The van der Waals surface area contributed by atoms with E-state index in [1.54, 1.807) is 0 Å². The second kappa shape index (κ2) is 5.47. The molecule has 102 valence electrons. The van der Waals surface area contributed by atoms with Gasteiger partial charge in [0.15, 0.2) is 0 Å². The number of carboxylic acid groups (broad SMARTS) is 1. The van der Waals surface area contributed by atoms with Crippen LogP contribution in [0.3, 0.4) is 0 Å². The number of likely N-dealkylation sites (tertiary alicyclic amines) is 1. The monoisotopic (exact) mass is 267 g/mol. The van der Waals surface area contributed by atoms with Gasteiger partial charge in [0, 0.05) is 19.6 Å². The minimum absolute atomic E-state index is 0.182. The lowest BCUT2D eigenvalue weighted by molar-refractivity contribution is -0.147. The van der Waals surface area contributed by atoms with Crippen molar-refractivity contribution in [1.29, 1.82) is 0 Å². The SMILES string of the molecule is O=C(O)C1CN(Cc2ccc(-c3ccccc3)cc2)C1. The van der Waals surface area contributed by atoms with Crippen LogP contribution in [0.25, 0.3) is 11.1 Å². The molecule has 1 heterocycles. The predicted molar refractivity (Wildman–Crippen MR) is 78.3 cm³/mol. The first-order chi connectivity index (χ1) is 9.72. The Bertz CT molecular complexity index is 586. The second-order valence-electron chi connectivity index (χ2n) is 5.29. The number of aliphatic carboxylic acids is 1. The molecule has 0 atom stereocenters. The van der Waals surface area contributed by atoms with Crippen LogP contribution in [-0.2, 0) is 11.3 Å². The van der Waals surface area contributed by atoms with Crippen LogP contribution in [0.2, 0.25) is 0 Å². The maximum Gasteiger partial charge on any atom is 0.309 e. The largest absolute Gasteiger partial charge is 0.481 e. The summed E-state index contributed by atoms with van der Waals surface area (Å²) in [6.07, 6.45) is 0. The lowest BCUT2D eigenvalue weighted by Crippen LogP contribution is -2.49. The van der Waals surface area contributed by atoms with Crippen LogP contribution in [0.4, 0.5) is 0 Å². The van der Waals surface area contributed by atoms with E-state index < -0.39 is 5.97 Å². The molecule has 3 heteroatoms. The fourth-order valence-corrected chi connectivity index (χ4v) is 2.55. The van der Waals surface area contributed by atoms with Gasteiger partial charge in [-0.3, -0.25) is 9.69 Å². The van der Waals surface area contributed by atoms with Crippen molar-refractivity contribution in [3.63, 3.8) is 0 Å². The first-order valence-corrected chi connectivity index (χ1v) is 6.82. The van der Waals surface area contributed by atoms with Crippen molar-refractivity contribution in [2.24, 2.45) is 5.92 Å². The highest BCUT2D eigenvalue weighted by Gasteiger charge is 2.31. The van der Waals surface area contributed by atoms with Crippen molar-refractivity contribution in [2.45, 2.75) is 6.54 Å². The molecule has 1 fully saturated rings. The average Bonchev–Trinajstić information content (AvgIpc) is 2.43. The van der Waals surface area contributed by atoms with Crippen molar-refractivity contribution in [3.8, 4) is 11.1 Å². The number of carboxylic acids is 1. The van der Waals surface area contributed by atoms with Gasteiger partial charge >= 0.3 is 5.97 Å². The van der Waals surface area contributed by atoms with Gasteiger partial charge in [0.2, 0.25) is 0 Å². The van der Waals surface area contributed by atoms with E-state index in [0.29, 0.717) is 13.1 Å². The zero-order valence-electron chi connectivity index (χ0n) is 11.2. The van der Waals surface area contributed by atoms with Crippen LogP contribution in [0.1, 0.15) is 5.56 Å². The van der Waals surface area contributed by atoms with Crippen LogP contribution in [0.15, 0.2) is 54.6 Å². The Labute approximate surface area is 118 Å². The van der Waals surface area contributed by atoms with Gasteiger partial charge in [-0.05, 0) is 16.7 Å². The van der Waals surface area contributed by atoms with Crippen LogP contribution in [-0.4, -0.2) is 29.1 Å². The zero-order chi connectivity index (χ0) is 13.9. The molecular formula is C17H17NO2. The summed E-state index contributed by atoms with van der Waals surface area (Å²) in [5.41, 5.74) is 3.66. The number of benzene rings is 2. The van der Waals surface area contributed by atoms with E-state index in [4.69, 9.17) is 5.11 Å². The van der Waals surface area contributed by atoms with E-state index in [1.807, 2.05) is 18.2 Å². The third-order valence-electron chi connectivity index (χ3n) is 3.77. The van der Waals surface area contributed by atoms with Crippen molar-refractivity contribution in [2.75, 3.05) is 13.1 Å². The maximum atomic E-state index is 10.8. The minimum atomic E-state index is -0.680. The summed E-state index contributed by atoms with van der Waals surface area (Å²) in [7, 11) is 0. The average molecular weight is 267 g/mol. The van der Waals surface area contributed by atoms with E-state index in [1.165, 1.54) is 16.7 Å². The Hall–Kier alpha value is -2.13. The summed E-state index contributed by atoms with van der Waals surface area (Å²) < 4.78 is 0. The van der Waals surface area contributed by atoms with E-state index in [-0.39, 0.29) is 5.92 Å². The van der Waals surface area contributed by atoms with E-state index in [2.05, 4.69) is 41.3 Å². The lowest BCUT2D eigenvalue weighted by Gasteiger charge is -2.36. The molecule has 0 aromatic heterocycles. The quantitative estimate of drug-likeness (QED) is 0.926. The molecule has 0 aliphatic carbocycles. The molecule has 0 radical (unpaired) electrons. The van der Waals surface area contributed by atoms with Crippen molar-refractivity contribution in [3.05, 3.63) is 60.2 Å². The summed E-state index contributed by atoms with van der Waals surface area (Å²) in [6, 6.07) is 18.8. The van der Waals surface area contributed by atoms with Gasteiger partial charge in [-0.25, -0.2) is 0 Å². The number of rotatable bonds is 4. The standard InChI is InChI=1S/C17H17NO2/c19-17(20)16-11-18(12-16)10-13-6-8-15(9-7-13)14-4-2-1-3-5-14/h1-9,16H,10-12H2,(H,19,20). The normalized spacial score (nSPS) is 15.8. The highest BCUT2D eigenvalue weighted by molar-refractivity contribution is 5.71. The molecule has 1 saturated heterocycles. The molecule has 0 amide bonds. The Morgan fingerprint density at radius 2 is 1.60 bits per heavy atom. The number of hydrogen-bond donors (Lipinski definition) is 1. The Morgan fingerprint density at radius 3 is 2.20 bits per heavy atom. The Balaban J connectivity index is 1.62. The van der Waals surface area contributed by atoms with Gasteiger partial charge in [0.05, 0.1) is 5.92 Å². The zero-order valence-corrected chi connectivity index (χ0v) is 11.2. The third kappa shape index (κ3) is 2.73. The predicted octanol–water partition coefficient (Wildman–Crippen LogP) is 2.87. The van der Waals surface area contributed by atoms with Crippen molar-refractivity contribution >= 4 is 5.97 Å². The van der Waals surface area contributed by atoms with Gasteiger partial charge < -0.3 is 5.11 Å². The topological polar surface area (TPSA) is 40.5 Å². The van der Waals surface area contributed by atoms with Crippen LogP contribution in [0, 0.1) is 5.92 Å². The maximum absolute atomic E-state index is 10.8. The fraction of sp³-hybridized carbons (Fsp3) is 0.235. The summed E-state index contributed by atoms with van der Waals surface area (Å²) in [5, 5.41) is 8.85. The molecule has 0 bridgehead atoms. The molecule has 1 aliphatic heterocycles. The first kappa shape index (κ1) is 12.9. The highest BCUT2D eigenvalue weighted by atomic mass is 16.4. The van der Waals surface area contributed by atoms with Gasteiger partial charge in [0.1, 0.15) is 0 Å². The third-order valence-corrected chi connectivity index (χ3v) is 3.77. The van der Waals surface area contributed by atoms with Gasteiger partial charge in [-0.2, -0.15) is 0 Å². The Kier molecular flexibility index (Phi) is 3.52. The summed E-state index contributed by atoms with van der Waals surface area (Å²) in [5.74, 6) is -0.862. The van der Waals surface area contributed by atoms with Gasteiger partial charge in [-0.15, -0.1) is 0 Å². The molecule has 1 aliphatic rings. The van der Waals surface area contributed by atoms with Gasteiger partial charge in [-0.1, -0.05) is 54.6 Å². The van der Waals surface area contributed by atoms with Crippen LogP contribution < -0.4 is 0 Å². The smallest absolute Gasteiger partial charge is 0.309 e. The Morgan fingerprint density at radius 1 is 1.00 bits per heavy atom. The molecular weight excluding hydrogens is 250 g/mol. The summed E-state index contributed by atoms with van der Waals surface area (Å²) in [4.78, 5) is 12.9. The van der Waals surface area contributed by atoms with Crippen LogP contribution >= 0.6 is 0 Å². The second-order valence-corrected chi connectivity index (χ2v) is 5.29. The molecule has 20 heavy (non-hydrogen) atoms. The summed E-state index contributed by atoms with van der Waals surface area (Å²) >= 11 is 0. The molecule has 0 spiro atoms. The van der Waals surface area contributed by atoms with E-state index in [9.17, 15) is 4.79 Å². The molecule has 3 rings (SSSR count). The molecule has 2 aromatic carbocycles. The van der Waals surface area contributed by atoms with E-state index in [0.717, 1.165) is 6.54 Å². The van der Waals surface area contributed by atoms with Crippen LogP contribution in [0.5, 0.6) is 0 Å². The first-order valence-electron chi connectivity index (χ1n) is 6.82. The summed E-state index contributed by atoms with van der Waals surface area (Å²) in [6.45, 7) is 2.16. The molecule has 0 saturated carbocycles. The minimum Gasteiger partial charge on any atom is -0.481 e. The number of nitrogens with zero attached hydrogens (tertiary/aromatic N) is 1. The molecule has 3 nitrogen and oxygen atoms in total.